The van der Waals surface area contributed by atoms with E-state index in [9.17, 15) is 4.79 Å². The Morgan fingerprint density at radius 3 is 2.48 bits per heavy atom. The molecule has 0 spiro atoms. The standard InChI is InChI=1S/C26H32N2O/c1-16(2)17-9-11-18(12-10-17)24-21-8-6-7-20(21)22-15-19(13-14-23(22)27-24)25(29)28-26(3,4)5/h6-7,9-16,20-21,24,27H,8H2,1-5H3,(H,28,29). The van der Waals surface area contributed by atoms with E-state index in [0.717, 1.165) is 17.7 Å². The number of hydrogen-bond acceptors (Lipinski definition) is 2. The Kier molecular flexibility index (Phi) is 5.02. The summed E-state index contributed by atoms with van der Waals surface area (Å²) < 4.78 is 0. The van der Waals surface area contributed by atoms with Crippen molar-refractivity contribution in [3.8, 4) is 0 Å². The lowest BCUT2D eigenvalue weighted by molar-refractivity contribution is 0.0919. The first kappa shape index (κ1) is 19.8. The van der Waals surface area contributed by atoms with Gasteiger partial charge in [0.1, 0.15) is 0 Å². The minimum Gasteiger partial charge on any atom is -0.378 e. The average molecular weight is 389 g/mol. The minimum absolute atomic E-state index is 0.00905. The summed E-state index contributed by atoms with van der Waals surface area (Å²) in [5, 5.41) is 6.85. The molecule has 3 nitrogen and oxygen atoms in total. The Bertz CT molecular complexity index is 934. The quantitative estimate of drug-likeness (QED) is 0.618. The number of anilines is 1. The summed E-state index contributed by atoms with van der Waals surface area (Å²) in [5.41, 5.74) is 5.59. The van der Waals surface area contributed by atoms with Crippen LogP contribution in [0.15, 0.2) is 54.6 Å². The SMILES string of the molecule is CC(C)c1ccc(C2Nc3ccc(C(=O)NC(C)(C)C)cc3C3C=CCC32)cc1. The number of amides is 1. The molecule has 0 aromatic heterocycles. The van der Waals surface area contributed by atoms with Gasteiger partial charge in [0.15, 0.2) is 0 Å². The van der Waals surface area contributed by atoms with E-state index in [0.29, 0.717) is 17.8 Å². The molecule has 1 amide bonds. The third kappa shape index (κ3) is 3.96. The van der Waals surface area contributed by atoms with Crippen LogP contribution >= 0.6 is 0 Å². The van der Waals surface area contributed by atoms with Gasteiger partial charge in [-0.15, -0.1) is 0 Å². The third-order valence-electron chi connectivity index (χ3n) is 6.08. The number of rotatable bonds is 3. The van der Waals surface area contributed by atoms with Crippen LogP contribution < -0.4 is 10.6 Å². The molecule has 1 heterocycles. The lowest BCUT2D eigenvalue weighted by Crippen LogP contribution is -2.40. The average Bonchev–Trinajstić information content (AvgIpc) is 3.16. The topological polar surface area (TPSA) is 41.1 Å². The van der Waals surface area contributed by atoms with Crippen molar-refractivity contribution < 1.29 is 4.79 Å². The number of carbonyl (C=O) groups excluding carboxylic acids is 1. The van der Waals surface area contributed by atoms with E-state index in [-0.39, 0.29) is 17.5 Å². The molecular weight excluding hydrogens is 356 g/mol. The fourth-order valence-corrected chi connectivity index (χ4v) is 4.57. The van der Waals surface area contributed by atoms with E-state index in [1.165, 1.54) is 16.7 Å². The van der Waals surface area contributed by atoms with Crippen molar-refractivity contribution in [2.24, 2.45) is 5.92 Å². The third-order valence-corrected chi connectivity index (χ3v) is 6.08. The maximum Gasteiger partial charge on any atom is 0.251 e. The Hall–Kier alpha value is -2.55. The van der Waals surface area contributed by atoms with Crippen molar-refractivity contribution in [2.45, 2.75) is 64.5 Å². The Morgan fingerprint density at radius 1 is 1.10 bits per heavy atom. The summed E-state index contributed by atoms with van der Waals surface area (Å²) in [5.74, 6) is 1.37. The summed E-state index contributed by atoms with van der Waals surface area (Å²) in [6.07, 6.45) is 5.68. The predicted octanol–water partition coefficient (Wildman–Crippen LogP) is 6.16. The van der Waals surface area contributed by atoms with Crippen LogP contribution in [0.25, 0.3) is 0 Å². The van der Waals surface area contributed by atoms with E-state index in [4.69, 9.17) is 0 Å². The maximum absolute atomic E-state index is 12.7. The normalized spacial score (nSPS) is 22.8. The van der Waals surface area contributed by atoms with Gasteiger partial charge in [-0.2, -0.15) is 0 Å². The molecule has 3 heteroatoms. The molecule has 0 bridgehead atoms. The van der Waals surface area contributed by atoms with Crippen LogP contribution in [0.5, 0.6) is 0 Å². The van der Waals surface area contributed by atoms with E-state index < -0.39 is 0 Å². The van der Waals surface area contributed by atoms with Gasteiger partial charge in [-0.05, 0) is 73.9 Å². The number of allylic oxidation sites excluding steroid dienone is 2. The van der Waals surface area contributed by atoms with E-state index >= 15 is 0 Å². The van der Waals surface area contributed by atoms with E-state index in [2.05, 4.69) is 73.0 Å². The number of benzene rings is 2. The first-order valence-electron chi connectivity index (χ1n) is 10.7. The molecule has 3 atom stereocenters. The Balaban J connectivity index is 1.64. The van der Waals surface area contributed by atoms with Gasteiger partial charge in [0.05, 0.1) is 6.04 Å². The van der Waals surface area contributed by atoms with E-state index in [1.54, 1.807) is 0 Å². The van der Waals surface area contributed by atoms with Crippen LogP contribution in [0.4, 0.5) is 5.69 Å². The van der Waals surface area contributed by atoms with Gasteiger partial charge in [-0.1, -0.05) is 50.3 Å². The number of nitrogens with one attached hydrogen (secondary N) is 2. The second-order valence-electron chi connectivity index (χ2n) is 9.80. The molecule has 2 aromatic carbocycles. The summed E-state index contributed by atoms with van der Waals surface area (Å²) in [6, 6.07) is 15.4. The lowest BCUT2D eigenvalue weighted by Gasteiger charge is -2.38. The molecule has 4 rings (SSSR count). The fourth-order valence-electron chi connectivity index (χ4n) is 4.57. The smallest absolute Gasteiger partial charge is 0.251 e. The van der Waals surface area contributed by atoms with Gasteiger partial charge < -0.3 is 10.6 Å². The molecule has 29 heavy (non-hydrogen) atoms. The van der Waals surface area contributed by atoms with Gasteiger partial charge in [0.25, 0.3) is 5.91 Å². The summed E-state index contributed by atoms with van der Waals surface area (Å²) in [4.78, 5) is 12.7. The van der Waals surface area contributed by atoms with Crippen LogP contribution in [0.1, 0.15) is 86.0 Å². The molecule has 3 unspecified atom stereocenters. The molecule has 2 aliphatic rings. The summed E-state index contributed by atoms with van der Waals surface area (Å²) in [7, 11) is 0. The van der Waals surface area contributed by atoms with Crippen molar-refractivity contribution in [2.75, 3.05) is 5.32 Å². The highest BCUT2D eigenvalue weighted by atomic mass is 16.1. The van der Waals surface area contributed by atoms with Crippen molar-refractivity contribution in [1.29, 1.82) is 0 Å². The zero-order valence-electron chi connectivity index (χ0n) is 18.1. The first-order valence-corrected chi connectivity index (χ1v) is 10.7. The zero-order valence-corrected chi connectivity index (χ0v) is 18.1. The summed E-state index contributed by atoms with van der Waals surface area (Å²) >= 11 is 0. The molecule has 1 aliphatic carbocycles. The monoisotopic (exact) mass is 388 g/mol. The minimum atomic E-state index is -0.242. The molecule has 152 valence electrons. The number of fused-ring (bicyclic) bond motifs is 3. The van der Waals surface area contributed by atoms with Gasteiger partial charge in [-0.25, -0.2) is 0 Å². The van der Waals surface area contributed by atoms with Gasteiger partial charge >= 0.3 is 0 Å². The van der Waals surface area contributed by atoms with Crippen LogP contribution in [0.3, 0.4) is 0 Å². The first-order chi connectivity index (χ1) is 13.7. The Morgan fingerprint density at radius 2 is 1.83 bits per heavy atom. The van der Waals surface area contributed by atoms with Crippen molar-refractivity contribution in [1.82, 2.24) is 5.32 Å². The largest absolute Gasteiger partial charge is 0.378 e. The van der Waals surface area contributed by atoms with E-state index in [1.807, 2.05) is 26.8 Å². The second kappa shape index (κ2) is 7.37. The second-order valence-corrected chi connectivity index (χ2v) is 9.80. The van der Waals surface area contributed by atoms with Crippen molar-refractivity contribution in [3.63, 3.8) is 0 Å². The number of hydrogen-bond donors (Lipinski definition) is 2. The molecule has 0 saturated carbocycles. The van der Waals surface area contributed by atoms with Crippen LogP contribution in [0.2, 0.25) is 0 Å². The van der Waals surface area contributed by atoms with Crippen molar-refractivity contribution in [3.05, 3.63) is 76.9 Å². The van der Waals surface area contributed by atoms with Crippen LogP contribution in [-0.2, 0) is 0 Å². The molecule has 2 N–H and O–H groups in total. The predicted molar refractivity (Wildman–Crippen MR) is 121 cm³/mol. The molecule has 2 aromatic rings. The highest BCUT2D eigenvalue weighted by Gasteiger charge is 2.38. The van der Waals surface area contributed by atoms with Gasteiger partial charge in [0, 0.05) is 22.7 Å². The van der Waals surface area contributed by atoms with Crippen LogP contribution in [-0.4, -0.2) is 11.4 Å². The highest BCUT2D eigenvalue weighted by molar-refractivity contribution is 5.95. The molecule has 1 aliphatic heterocycles. The zero-order chi connectivity index (χ0) is 20.8. The maximum atomic E-state index is 12.7. The highest BCUT2D eigenvalue weighted by Crippen LogP contribution is 2.50. The molecule has 0 radical (unpaired) electrons. The fraction of sp³-hybridized carbons (Fsp3) is 0.423. The number of carbonyl (C=O) groups is 1. The summed E-state index contributed by atoms with van der Waals surface area (Å²) in [6.45, 7) is 10.5. The van der Waals surface area contributed by atoms with Gasteiger partial charge in [0.2, 0.25) is 0 Å². The lowest BCUT2D eigenvalue weighted by atomic mass is 9.76. The molecule has 0 fully saturated rings. The van der Waals surface area contributed by atoms with Gasteiger partial charge in [-0.3, -0.25) is 4.79 Å². The molecule has 0 saturated heterocycles. The Labute approximate surface area is 174 Å². The van der Waals surface area contributed by atoms with Crippen LogP contribution in [0, 0.1) is 5.92 Å². The van der Waals surface area contributed by atoms with Crippen molar-refractivity contribution >= 4 is 11.6 Å². The molecular formula is C26H32N2O.